The van der Waals surface area contributed by atoms with E-state index in [9.17, 15) is 86.8 Å². The van der Waals surface area contributed by atoms with Gasteiger partial charge in [-0.05, 0) is 97.7 Å². The highest BCUT2D eigenvalue weighted by Crippen LogP contribution is 2.71. The first-order chi connectivity index (χ1) is 40.9. The summed E-state index contributed by atoms with van der Waals surface area (Å²) in [7, 11) is 0. The van der Waals surface area contributed by atoms with Crippen molar-refractivity contribution in [3.05, 3.63) is 0 Å². The van der Waals surface area contributed by atoms with Crippen LogP contribution in [-0.2, 0) is 56.8 Å². The van der Waals surface area contributed by atoms with Crippen molar-refractivity contribution in [2.24, 2.45) is 52.3 Å². The first-order valence-corrected chi connectivity index (χ1v) is 30.9. The topological polar surface area (TPSA) is 455 Å². The molecule has 1 spiro atoms. The molecule has 496 valence electrons. The molecule has 0 bridgehead atoms. The zero-order valence-electron chi connectivity index (χ0n) is 48.8. The Kier molecular flexibility index (Phi) is 20.0. The van der Waals surface area contributed by atoms with Crippen LogP contribution in [0.15, 0.2) is 0 Å². The number of rotatable bonds is 15. The van der Waals surface area contributed by atoms with Crippen molar-refractivity contribution in [3.63, 3.8) is 0 Å². The summed E-state index contributed by atoms with van der Waals surface area (Å²) in [5.41, 5.74) is -0.131. The van der Waals surface area contributed by atoms with E-state index in [1.165, 1.54) is 0 Å². The highest BCUT2D eigenvalue weighted by molar-refractivity contribution is 5.16. The van der Waals surface area contributed by atoms with Gasteiger partial charge in [-0.25, -0.2) is 0 Å². The molecular formula is C57H94O29. The van der Waals surface area contributed by atoms with E-state index < -0.39 is 205 Å². The summed E-state index contributed by atoms with van der Waals surface area (Å²) in [6, 6.07) is 0. The predicted octanol–water partition coefficient (Wildman–Crippen LogP) is -6.11. The van der Waals surface area contributed by atoms with Crippen LogP contribution in [0.25, 0.3) is 0 Å². The first kappa shape index (κ1) is 66.3. The molecule has 17 N–H and O–H groups in total. The zero-order chi connectivity index (χ0) is 61.8. The molecule has 0 radical (unpaired) electrons. The number of hydrogen-bond donors (Lipinski definition) is 17. The Morgan fingerprint density at radius 3 is 1.50 bits per heavy atom. The molecule has 0 aromatic heterocycles. The van der Waals surface area contributed by atoms with Crippen LogP contribution in [0, 0.1) is 52.3 Å². The van der Waals surface area contributed by atoms with Crippen molar-refractivity contribution in [1.82, 2.24) is 0 Å². The van der Waals surface area contributed by atoms with Gasteiger partial charge in [0.05, 0.1) is 58.0 Å². The molecule has 11 aliphatic rings. The molecule has 0 amide bonds. The lowest BCUT2D eigenvalue weighted by Gasteiger charge is -2.62. The van der Waals surface area contributed by atoms with Crippen LogP contribution >= 0.6 is 0 Å². The molecule has 7 saturated heterocycles. The lowest BCUT2D eigenvalue weighted by molar-refractivity contribution is -0.409. The molecule has 11 rings (SSSR count). The SMILES string of the molecule is CC1CC[C@@]2(OC1)OC1C[C@H]3[C@@H]4CC[C@H]5CC(OC6OC(CO)C(O)C(OC7OC(CO)C(OC8OC(CO)C(O)C(OC9OC(CO)C(O)C(O)C9O)C8OC8OC(CO)C(O)C(O)C8O)C(O)C7O)C6O)[C@H](O)CC5(C)[C@H]4CCC3(C)C1[C@@H]2C. The van der Waals surface area contributed by atoms with Crippen LogP contribution in [0.2, 0.25) is 0 Å². The molecule has 86 heavy (non-hydrogen) atoms. The maximum Gasteiger partial charge on any atom is 0.187 e. The number of aliphatic hydroxyl groups excluding tert-OH is 17. The molecule has 29 nitrogen and oxygen atoms in total. The molecule has 38 atom stereocenters. The molecule has 11 fully saturated rings. The first-order valence-electron chi connectivity index (χ1n) is 30.9. The Morgan fingerprint density at radius 1 is 0.430 bits per heavy atom. The maximum absolute atomic E-state index is 12.1. The normalized spacial score (nSPS) is 57.5. The van der Waals surface area contributed by atoms with Gasteiger partial charge in [0.25, 0.3) is 0 Å². The smallest absolute Gasteiger partial charge is 0.187 e. The van der Waals surface area contributed by atoms with Gasteiger partial charge < -0.3 is 144 Å². The van der Waals surface area contributed by atoms with E-state index in [2.05, 4.69) is 27.7 Å². The lowest BCUT2D eigenvalue weighted by atomic mass is 9.44. The standard InChI is InChI=1S/C57H94O29/c1-20-7-10-57(75-19-20)21(2)34-28(86-57)12-25-23-6-5-22-11-27(26(63)13-56(22,4)24(23)8-9-55(25,34)3)76-53-45(74)47(37(66)31(16-60)79-53)83-52-44(73)41(70)46(33(18-62)81-52)82-54-49(85-51-43(72)40(69)36(65)30(15-59)78-51)48(38(67)32(17-61)80-54)84-50-42(71)39(68)35(64)29(14-58)77-50/h20-54,58-74H,5-19H2,1-4H3/t20?,21-,22-,23+,24-,25-,26+,27?,28?,29?,30?,31?,32?,33?,34?,35?,36?,37?,38?,39?,40?,41?,42?,43?,44?,45?,46?,47?,48?,49?,50?,51?,52?,53?,54?,55?,56?,57+/m0/s1. The molecule has 0 aromatic rings. The third-order valence-electron chi connectivity index (χ3n) is 22.5. The van der Waals surface area contributed by atoms with Gasteiger partial charge >= 0.3 is 0 Å². The van der Waals surface area contributed by atoms with E-state index >= 15 is 0 Å². The average Bonchev–Trinajstić information content (AvgIpc) is 1.49. The van der Waals surface area contributed by atoms with Crippen molar-refractivity contribution >= 4 is 0 Å². The van der Waals surface area contributed by atoms with E-state index in [1.807, 2.05) is 0 Å². The summed E-state index contributed by atoms with van der Waals surface area (Å²) in [6.07, 6.45) is -41.7. The van der Waals surface area contributed by atoms with Gasteiger partial charge in [0, 0.05) is 12.3 Å². The Hall–Kier alpha value is -1.16. The number of hydrogen-bond acceptors (Lipinski definition) is 29. The van der Waals surface area contributed by atoms with Crippen LogP contribution in [0.5, 0.6) is 0 Å². The zero-order valence-corrected chi connectivity index (χ0v) is 48.8. The van der Waals surface area contributed by atoms with E-state index in [-0.39, 0.29) is 28.8 Å². The minimum Gasteiger partial charge on any atom is -0.394 e. The third kappa shape index (κ3) is 11.5. The summed E-state index contributed by atoms with van der Waals surface area (Å²) >= 11 is 0. The lowest BCUT2D eigenvalue weighted by Crippen LogP contribution is -2.69. The number of aliphatic hydroxyl groups is 17. The van der Waals surface area contributed by atoms with Crippen molar-refractivity contribution in [2.75, 3.05) is 39.6 Å². The molecule has 7 heterocycles. The summed E-state index contributed by atoms with van der Waals surface area (Å²) in [4.78, 5) is 0. The fourth-order valence-corrected chi connectivity index (χ4v) is 17.7. The number of fused-ring (bicyclic) bond motifs is 7. The maximum atomic E-state index is 12.1. The van der Waals surface area contributed by atoms with Crippen molar-refractivity contribution in [3.8, 4) is 0 Å². The van der Waals surface area contributed by atoms with Gasteiger partial charge in [-0.15, -0.1) is 0 Å². The Bertz CT molecular complexity index is 2230. The second-order valence-electron chi connectivity index (χ2n) is 27.3. The molecule has 7 aliphatic heterocycles. The second kappa shape index (κ2) is 26.0. The average molecular weight is 1240 g/mol. The van der Waals surface area contributed by atoms with Crippen LogP contribution in [-0.4, -0.2) is 304 Å². The van der Waals surface area contributed by atoms with Crippen LogP contribution in [0.1, 0.15) is 85.5 Å². The van der Waals surface area contributed by atoms with Crippen LogP contribution in [0.4, 0.5) is 0 Å². The third-order valence-corrected chi connectivity index (χ3v) is 22.5. The summed E-state index contributed by atoms with van der Waals surface area (Å²) < 4.78 is 72.9. The quantitative estimate of drug-likeness (QED) is 0.0679. The Balaban J connectivity index is 0.767. The van der Waals surface area contributed by atoms with Gasteiger partial charge in [-0.1, -0.05) is 27.7 Å². The monoisotopic (exact) mass is 1240 g/mol. The van der Waals surface area contributed by atoms with Crippen molar-refractivity contribution in [1.29, 1.82) is 0 Å². The van der Waals surface area contributed by atoms with E-state index in [0.717, 1.165) is 44.9 Å². The van der Waals surface area contributed by atoms with Gasteiger partial charge in [0.2, 0.25) is 0 Å². The largest absolute Gasteiger partial charge is 0.394 e. The van der Waals surface area contributed by atoms with E-state index in [1.54, 1.807) is 0 Å². The minimum atomic E-state index is -2.19. The van der Waals surface area contributed by atoms with Gasteiger partial charge in [-0.3, -0.25) is 0 Å². The Labute approximate surface area is 497 Å². The van der Waals surface area contributed by atoms with E-state index in [0.29, 0.717) is 49.0 Å². The van der Waals surface area contributed by atoms with Crippen LogP contribution in [0.3, 0.4) is 0 Å². The van der Waals surface area contributed by atoms with Gasteiger partial charge in [0.15, 0.2) is 37.2 Å². The van der Waals surface area contributed by atoms with Crippen molar-refractivity contribution < 1.29 is 144 Å². The summed E-state index contributed by atoms with van der Waals surface area (Å²) in [5.74, 6) is 2.09. The minimum absolute atomic E-state index is 0.0992. The fourth-order valence-electron chi connectivity index (χ4n) is 17.7. The highest BCUT2D eigenvalue weighted by Gasteiger charge is 2.70. The number of ether oxygens (including phenoxy) is 12. The van der Waals surface area contributed by atoms with Crippen molar-refractivity contribution in [2.45, 2.75) is 263 Å². The van der Waals surface area contributed by atoms with Gasteiger partial charge in [-0.2, -0.15) is 0 Å². The molecular weight excluding hydrogens is 1150 g/mol. The second-order valence-corrected chi connectivity index (χ2v) is 27.3. The van der Waals surface area contributed by atoms with Gasteiger partial charge in [0.1, 0.15) is 122 Å². The summed E-state index contributed by atoms with van der Waals surface area (Å²) in [6.45, 7) is 5.35. The fraction of sp³-hybridized carbons (Fsp3) is 1.00. The molecule has 31 unspecified atom stereocenters. The molecule has 29 heteroatoms. The van der Waals surface area contributed by atoms with Crippen LogP contribution < -0.4 is 0 Å². The molecule has 4 aliphatic carbocycles. The van der Waals surface area contributed by atoms with E-state index in [4.69, 9.17) is 56.8 Å². The predicted molar refractivity (Wildman–Crippen MR) is 282 cm³/mol. The summed E-state index contributed by atoms with van der Waals surface area (Å²) in [5, 5.41) is 186. The molecule has 0 aromatic carbocycles. The Morgan fingerprint density at radius 2 is 0.930 bits per heavy atom. The highest BCUT2D eigenvalue weighted by atomic mass is 16.8. The molecule has 4 saturated carbocycles.